The van der Waals surface area contributed by atoms with Gasteiger partial charge in [-0.1, -0.05) is 36.4 Å². The van der Waals surface area contributed by atoms with E-state index in [0.717, 1.165) is 11.3 Å². The molecule has 0 heterocycles. The van der Waals surface area contributed by atoms with Crippen molar-refractivity contribution in [1.82, 2.24) is 0 Å². The van der Waals surface area contributed by atoms with E-state index in [4.69, 9.17) is 4.74 Å². The summed E-state index contributed by atoms with van der Waals surface area (Å²) < 4.78 is 18.5. The van der Waals surface area contributed by atoms with Crippen molar-refractivity contribution in [3.63, 3.8) is 0 Å². The smallest absolute Gasteiger partial charge is 0.165 e. The maximum atomic E-state index is 13.6. The molecule has 0 aliphatic heterocycles. The molecule has 0 unspecified atom stereocenters. The number of ether oxygens (including phenoxy) is 1. The second-order valence-corrected chi connectivity index (χ2v) is 4.88. The normalized spacial score (nSPS) is 10.6. The fourth-order valence-corrected chi connectivity index (χ4v) is 2.32. The molecule has 3 aromatic rings. The number of methoxy groups -OCH3 is 1. The highest BCUT2D eigenvalue weighted by Gasteiger charge is 2.03. The van der Waals surface area contributed by atoms with Crippen LogP contribution in [-0.4, -0.2) is 7.11 Å². The zero-order valence-corrected chi connectivity index (χ0v) is 11.8. The molecule has 0 fully saturated rings. The molecule has 0 amide bonds. The lowest BCUT2D eigenvalue weighted by atomic mass is 10.1. The molecule has 106 valence electrons. The van der Waals surface area contributed by atoms with Gasteiger partial charge in [0.2, 0.25) is 0 Å². The van der Waals surface area contributed by atoms with Crippen LogP contribution in [0.2, 0.25) is 0 Å². The molecule has 0 spiro atoms. The van der Waals surface area contributed by atoms with E-state index in [2.05, 4.69) is 29.6 Å². The van der Waals surface area contributed by atoms with E-state index < -0.39 is 0 Å². The van der Waals surface area contributed by atoms with Crippen molar-refractivity contribution in [3.05, 3.63) is 72.0 Å². The fourth-order valence-electron chi connectivity index (χ4n) is 2.32. The Kier molecular flexibility index (Phi) is 3.73. The maximum absolute atomic E-state index is 13.6. The molecule has 0 saturated carbocycles. The third-order valence-corrected chi connectivity index (χ3v) is 3.46. The predicted octanol–water partition coefficient (Wildman–Crippen LogP) is 4.60. The zero-order chi connectivity index (χ0) is 14.7. The molecular weight excluding hydrogens is 265 g/mol. The van der Waals surface area contributed by atoms with Gasteiger partial charge in [-0.2, -0.15) is 0 Å². The summed E-state index contributed by atoms with van der Waals surface area (Å²) in [6.07, 6.45) is 0. The fraction of sp³-hybridized carbons (Fsp3) is 0.111. The van der Waals surface area contributed by atoms with Gasteiger partial charge in [0.1, 0.15) is 0 Å². The van der Waals surface area contributed by atoms with E-state index in [-0.39, 0.29) is 11.6 Å². The minimum absolute atomic E-state index is 0.268. The van der Waals surface area contributed by atoms with Crippen LogP contribution in [0.15, 0.2) is 60.7 Å². The summed E-state index contributed by atoms with van der Waals surface area (Å²) in [5, 5.41) is 5.70. The molecule has 2 nitrogen and oxygen atoms in total. The van der Waals surface area contributed by atoms with Gasteiger partial charge in [-0.25, -0.2) is 4.39 Å². The molecule has 0 aliphatic carbocycles. The van der Waals surface area contributed by atoms with E-state index in [1.807, 2.05) is 24.3 Å². The number of nitrogens with one attached hydrogen (secondary N) is 1. The van der Waals surface area contributed by atoms with Crippen LogP contribution in [-0.2, 0) is 6.54 Å². The topological polar surface area (TPSA) is 21.3 Å². The van der Waals surface area contributed by atoms with E-state index in [1.54, 1.807) is 6.07 Å². The van der Waals surface area contributed by atoms with E-state index >= 15 is 0 Å². The van der Waals surface area contributed by atoms with Crippen LogP contribution >= 0.6 is 0 Å². The number of benzene rings is 3. The molecular formula is C18H16FNO. The van der Waals surface area contributed by atoms with E-state index in [0.29, 0.717) is 6.54 Å². The Labute approximate surface area is 123 Å². The van der Waals surface area contributed by atoms with Gasteiger partial charge in [0.05, 0.1) is 7.11 Å². The van der Waals surface area contributed by atoms with Crippen LogP contribution in [0.25, 0.3) is 10.8 Å². The van der Waals surface area contributed by atoms with Crippen molar-refractivity contribution < 1.29 is 9.13 Å². The van der Waals surface area contributed by atoms with Crippen LogP contribution < -0.4 is 10.1 Å². The molecule has 3 aromatic carbocycles. The van der Waals surface area contributed by atoms with Crippen molar-refractivity contribution in [2.24, 2.45) is 0 Å². The lowest BCUT2D eigenvalue weighted by Crippen LogP contribution is -2.00. The maximum Gasteiger partial charge on any atom is 0.165 e. The minimum atomic E-state index is -0.338. The molecule has 0 radical (unpaired) electrons. The van der Waals surface area contributed by atoms with Crippen LogP contribution in [0.1, 0.15) is 5.56 Å². The summed E-state index contributed by atoms with van der Waals surface area (Å²) in [4.78, 5) is 0. The summed E-state index contributed by atoms with van der Waals surface area (Å²) in [6, 6.07) is 19.4. The highest BCUT2D eigenvalue weighted by Crippen LogP contribution is 2.21. The summed E-state index contributed by atoms with van der Waals surface area (Å²) in [5.41, 5.74) is 1.89. The number of hydrogen-bond donors (Lipinski definition) is 1. The predicted molar refractivity (Wildman–Crippen MR) is 84.2 cm³/mol. The van der Waals surface area contributed by atoms with Gasteiger partial charge in [-0.05, 0) is 40.6 Å². The van der Waals surface area contributed by atoms with Gasteiger partial charge in [0.15, 0.2) is 11.6 Å². The van der Waals surface area contributed by atoms with Crippen LogP contribution in [0.4, 0.5) is 10.1 Å². The third-order valence-electron chi connectivity index (χ3n) is 3.46. The second-order valence-electron chi connectivity index (χ2n) is 4.88. The lowest BCUT2D eigenvalue weighted by molar-refractivity contribution is 0.386. The molecule has 0 saturated heterocycles. The van der Waals surface area contributed by atoms with Crippen molar-refractivity contribution >= 4 is 16.5 Å². The SMILES string of the molecule is COc1ccc(CNc2ccc3ccccc3c2)cc1F. The molecule has 21 heavy (non-hydrogen) atoms. The van der Waals surface area contributed by atoms with Crippen molar-refractivity contribution in [2.75, 3.05) is 12.4 Å². The highest BCUT2D eigenvalue weighted by molar-refractivity contribution is 5.85. The largest absolute Gasteiger partial charge is 0.494 e. The molecule has 0 aliphatic rings. The Morgan fingerprint density at radius 1 is 0.952 bits per heavy atom. The average Bonchev–Trinajstić information content (AvgIpc) is 2.53. The Hall–Kier alpha value is -2.55. The average molecular weight is 281 g/mol. The van der Waals surface area contributed by atoms with Crippen molar-refractivity contribution in [3.8, 4) is 5.75 Å². The molecule has 0 atom stereocenters. The Morgan fingerprint density at radius 2 is 1.76 bits per heavy atom. The molecule has 3 rings (SSSR count). The van der Waals surface area contributed by atoms with Gasteiger partial charge < -0.3 is 10.1 Å². The van der Waals surface area contributed by atoms with Gasteiger partial charge >= 0.3 is 0 Å². The standard InChI is InChI=1S/C18H16FNO/c1-21-18-9-6-13(10-17(18)19)12-20-16-8-7-14-4-2-3-5-15(14)11-16/h2-11,20H,12H2,1H3. The van der Waals surface area contributed by atoms with Crippen molar-refractivity contribution in [1.29, 1.82) is 0 Å². The van der Waals surface area contributed by atoms with E-state index in [9.17, 15) is 4.39 Å². The summed E-state index contributed by atoms with van der Waals surface area (Å²) in [7, 11) is 1.46. The first-order valence-electron chi connectivity index (χ1n) is 6.81. The number of rotatable bonds is 4. The van der Waals surface area contributed by atoms with Gasteiger partial charge in [0, 0.05) is 12.2 Å². The molecule has 0 bridgehead atoms. The second kappa shape index (κ2) is 5.83. The Bertz CT molecular complexity index is 770. The number of anilines is 1. The zero-order valence-electron chi connectivity index (χ0n) is 11.8. The highest BCUT2D eigenvalue weighted by atomic mass is 19.1. The van der Waals surface area contributed by atoms with Crippen molar-refractivity contribution in [2.45, 2.75) is 6.54 Å². The number of hydrogen-bond acceptors (Lipinski definition) is 2. The quantitative estimate of drug-likeness (QED) is 0.754. The summed E-state index contributed by atoms with van der Waals surface area (Å²) in [5.74, 6) is -0.0697. The Morgan fingerprint density at radius 3 is 2.52 bits per heavy atom. The molecule has 1 N–H and O–H groups in total. The molecule has 0 aromatic heterocycles. The van der Waals surface area contributed by atoms with Gasteiger partial charge in [-0.3, -0.25) is 0 Å². The monoisotopic (exact) mass is 281 g/mol. The van der Waals surface area contributed by atoms with Crippen LogP contribution in [0, 0.1) is 5.82 Å². The molecule has 3 heteroatoms. The first-order valence-corrected chi connectivity index (χ1v) is 6.81. The first-order chi connectivity index (χ1) is 10.3. The minimum Gasteiger partial charge on any atom is -0.494 e. The first kappa shape index (κ1) is 13.4. The van der Waals surface area contributed by atoms with Gasteiger partial charge in [-0.15, -0.1) is 0 Å². The van der Waals surface area contributed by atoms with Gasteiger partial charge in [0.25, 0.3) is 0 Å². The summed E-state index contributed by atoms with van der Waals surface area (Å²) >= 11 is 0. The lowest BCUT2D eigenvalue weighted by Gasteiger charge is -2.09. The van der Waals surface area contributed by atoms with E-state index in [1.165, 1.54) is 23.9 Å². The van der Waals surface area contributed by atoms with Crippen LogP contribution in [0.5, 0.6) is 5.75 Å². The Balaban J connectivity index is 1.75. The number of fused-ring (bicyclic) bond motifs is 1. The van der Waals surface area contributed by atoms with Crippen LogP contribution in [0.3, 0.4) is 0 Å². The number of halogens is 1. The third kappa shape index (κ3) is 2.97. The summed E-state index contributed by atoms with van der Waals surface area (Å²) in [6.45, 7) is 0.569.